The first kappa shape index (κ1) is 13.3. The molecule has 1 aromatic rings. The van der Waals surface area contributed by atoms with Gasteiger partial charge in [-0.1, -0.05) is 11.6 Å². The second-order valence-corrected chi connectivity index (χ2v) is 5.09. The molecule has 5 heteroatoms. The van der Waals surface area contributed by atoms with E-state index in [-0.39, 0.29) is 11.3 Å². The van der Waals surface area contributed by atoms with Gasteiger partial charge in [-0.25, -0.2) is 0 Å². The number of hydrogen-bond acceptors (Lipinski definition) is 4. The standard InChI is InChI=1S/C13H18ClNO3/c1-13(5-4-6-15-13)10-8(14)7-9(17-2)12(18-3)11(10)16/h7,15-16H,4-6H2,1-3H3. The van der Waals surface area contributed by atoms with Crippen LogP contribution in [0.1, 0.15) is 25.3 Å². The van der Waals surface area contributed by atoms with Gasteiger partial charge in [-0.15, -0.1) is 0 Å². The Hall–Kier alpha value is -1.13. The molecule has 0 radical (unpaired) electrons. The number of benzene rings is 1. The highest BCUT2D eigenvalue weighted by molar-refractivity contribution is 6.32. The van der Waals surface area contributed by atoms with Crippen molar-refractivity contribution in [3.05, 3.63) is 16.7 Å². The number of aromatic hydroxyl groups is 1. The number of phenolic OH excluding ortho intramolecular Hbond substituents is 1. The Kier molecular flexibility index (Phi) is 3.59. The Bertz CT molecular complexity index is 456. The lowest BCUT2D eigenvalue weighted by atomic mass is 9.89. The van der Waals surface area contributed by atoms with Gasteiger partial charge in [0.1, 0.15) is 0 Å². The van der Waals surface area contributed by atoms with Gasteiger partial charge in [0, 0.05) is 17.2 Å². The first-order valence-electron chi connectivity index (χ1n) is 5.92. The van der Waals surface area contributed by atoms with Crippen LogP contribution in [0.4, 0.5) is 0 Å². The van der Waals surface area contributed by atoms with Gasteiger partial charge in [-0.2, -0.15) is 0 Å². The van der Waals surface area contributed by atoms with E-state index >= 15 is 0 Å². The molecule has 1 fully saturated rings. The predicted octanol–water partition coefficient (Wildman–Crippen LogP) is 2.66. The first-order chi connectivity index (χ1) is 8.53. The highest BCUT2D eigenvalue weighted by atomic mass is 35.5. The Morgan fingerprint density at radius 2 is 2.11 bits per heavy atom. The summed E-state index contributed by atoms with van der Waals surface area (Å²) in [5, 5.41) is 14.2. The molecule has 1 saturated heterocycles. The minimum absolute atomic E-state index is 0.0544. The van der Waals surface area contributed by atoms with Gasteiger partial charge < -0.3 is 19.9 Å². The van der Waals surface area contributed by atoms with Crippen LogP contribution in [-0.4, -0.2) is 25.9 Å². The minimum Gasteiger partial charge on any atom is -0.504 e. The average molecular weight is 272 g/mol. The Labute approximate surface area is 112 Å². The molecule has 18 heavy (non-hydrogen) atoms. The maximum Gasteiger partial charge on any atom is 0.203 e. The van der Waals surface area contributed by atoms with Crippen LogP contribution in [0.5, 0.6) is 17.2 Å². The van der Waals surface area contributed by atoms with Crippen LogP contribution < -0.4 is 14.8 Å². The molecule has 1 heterocycles. The maximum atomic E-state index is 10.4. The summed E-state index contributed by atoms with van der Waals surface area (Å²) in [7, 11) is 3.02. The summed E-state index contributed by atoms with van der Waals surface area (Å²) in [4.78, 5) is 0. The van der Waals surface area contributed by atoms with E-state index in [4.69, 9.17) is 21.1 Å². The Morgan fingerprint density at radius 3 is 2.61 bits per heavy atom. The molecule has 1 unspecified atom stereocenters. The molecule has 0 spiro atoms. The van der Waals surface area contributed by atoms with E-state index < -0.39 is 0 Å². The lowest BCUT2D eigenvalue weighted by Gasteiger charge is -2.28. The van der Waals surface area contributed by atoms with Crippen molar-refractivity contribution in [2.45, 2.75) is 25.3 Å². The summed E-state index contributed by atoms with van der Waals surface area (Å²) < 4.78 is 10.4. The third kappa shape index (κ3) is 1.99. The quantitative estimate of drug-likeness (QED) is 0.887. The van der Waals surface area contributed by atoms with Gasteiger partial charge in [-0.3, -0.25) is 0 Å². The normalized spacial score (nSPS) is 23.1. The lowest BCUT2D eigenvalue weighted by Crippen LogP contribution is -2.33. The molecular formula is C13H18ClNO3. The van der Waals surface area contributed by atoms with Crippen molar-refractivity contribution in [3.8, 4) is 17.2 Å². The first-order valence-corrected chi connectivity index (χ1v) is 6.30. The van der Waals surface area contributed by atoms with Crippen molar-refractivity contribution in [1.82, 2.24) is 5.32 Å². The average Bonchev–Trinajstić information content (AvgIpc) is 2.76. The van der Waals surface area contributed by atoms with E-state index in [1.807, 2.05) is 6.92 Å². The van der Waals surface area contributed by atoms with E-state index in [9.17, 15) is 5.11 Å². The van der Waals surface area contributed by atoms with E-state index in [0.717, 1.165) is 19.4 Å². The number of methoxy groups -OCH3 is 2. The van der Waals surface area contributed by atoms with Crippen molar-refractivity contribution >= 4 is 11.6 Å². The molecule has 4 nitrogen and oxygen atoms in total. The van der Waals surface area contributed by atoms with Gasteiger partial charge in [-0.05, 0) is 26.3 Å². The number of nitrogens with one attached hydrogen (secondary N) is 1. The number of rotatable bonds is 3. The zero-order valence-electron chi connectivity index (χ0n) is 10.8. The molecular weight excluding hydrogens is 254 g/mol. The van der Waals surface area contributed by atoms with E-state index in [1.165, 1.54) is 14.2 Å². The molecule has 2 rings (SSSR count). The SMILES string of the molecule is COc1cc(Cl)c(C2(C)CCCN2)c(O)c1OC. The van der Waals surface area contributed by atoms with Crippen LogP contribution >= 0.6 is 11.6 Å². The number of phenols is 1. The predicted molar refractivity (Wildman–Crippen MR) is 70.8 cm³/mol. The molecule has 0 amide bonds. The topological polar surface area (TPSA) is 50.7 Å². The fourth-order valence-corrected chi connectivity index (χ4v) is 2.98. The molecule has 2 N–H and O–H groups in total. The van der Waals surface area contributed by atoms with Crippen molar-refractivity contribution in [1.29, 1.82) is 0 Å². The van der Waals surface area contributed by atoms with E-state index in [2.05, 4.69) is 5.32 Å². The summed E-state index contributed by atoms with van der Waals surface area (Å²) in [5.41, 5.74) is 0.361. The fraction of sp³-hybridized carbons (Fsp3) is 0.538. The van der Waals surface area contributed by atoms with Crippen LogP contribution in [-0.2, 0) is 5.54 Å². The zero-order chi connectivity index (χ0) is 13.3. The Balaban J connectivity index is 2.60. The van der Waals surface area contributed by atoms with Crippen LogP contribution in [0, 0.1) is 0 Å². The molecule has 100 valence electrons. The molecule has 0 aromatic heterocycles. The van der Waals surface area contributed by atoms with Crippen molar-refractivity contribution in [2.24, 2.45) is 0 Å². The van der Waals surface area contributed by atoms with Gasteiger partial charge in [0.25, 0.3) is 0 Å². The van der Waals surface area contributed by atoms with E-state index in [0.29, 0.717) is 22.1 Å². The molecule has 1 aliphatic heterocycles. The summed E-state index contributed by atoms with van der Waals surface area (Å²) in [6, 6.07) is 1.68. The Morgan fingerprint density at radius 1 is 1.39 bits per heavy atom. The summed E-state index contributed by atoms with van der Waals surface area (Å²) in [6.07, 6.45) is 1.98. The van der Waals surface area contributed by atoms with E-state index in [1.54, 1.807) is 6.07 Å². The van der Waals surface area contributed by atoms with Gasteiger partial charge in [0.2, 0.25) is 5.75 Å². The van der Waals surface area contributed by atoms with Gasteiger partial charge in [0.05, 0.1) is 19.2 Å². The molecule has 1 aromatic carbocycles. The highest BCUT2D eigenvalue weighted by Gasteiger charge is 2.36. The molecule has 1 aliphatic rings. The second kappa shape index (κ2) is 4.86. The van der Waals surface area contributed by atoms with Crippen LogP contribution in [0.2, 0.25) is 5.02 Å². The number of hydrogen-bond donors (Lipinski definition) is 2. The van der Waals surface area contributed by atoms with Crippen LogP contribution in [0.3, 0.4) is 0 Å². The summed E-state index contributed by atoms with van der Waals surface area (Å²) in [6.45, 7) is 2.95. The largest absolute Gasteiger partial charge is 0.504 e. The van der Waals surface area contributed by atoms with Crippen LogP contribution in [0.15, 0.2) is 6.07 Å². The van der Waals surface area contributed by atoms with Gasteiger partial charge in [0.15, 0.2) is 11.5 Å². The van der Waals surface area contributed by atoms with Crippen molar-refractivity contribution in [3.63, 3.8) is 0 Å². The zero-order valence-corrected chi connectivity index (χ0v) is 11.6. The molecule has 0 bridgehead atoms. The molecule has 1 atom stereocenters. The molecule has 0 saturated carbocycles. The summed E-state index contributed by atoms with van der Waals surface area (Å²) >= 11 is 6.28. The van der Waals surface area contributed by atoms with Crippen molar-refractivity contribution < 1.29 is 14.6 Å². The third-order valence-electron chi connectivity index (χ3n) is 3.52. The second-order valence-electron chi connectivity index (χ2n) is 4.68. The number of ether oxygens (including phenoxy) is 2. The highest BCUT2D eigenvalue weighted by Crippen LogP contribution is 2.49. The number of halogens is 1. The fourth-order valence-electron chi connectivity index (χ4n) is 2.58. The van der Waals surface area contributed by atoms with Crippen LogP contribution in [0.25, 0.3) is 0 Å². The van der Waals surface area contributed by atoms with Gasteiger partial charge >= 0.3 is 0 Å². The van der Waals surface area contributed by atoms with Crippen molar-refractivity contribution in [2.75, 3.05) is 20.8 Å². The monoisotopic (exact) mass is 271 g/mol. The molecule has 0 aliphatic carbocycles. The third-order valence-corrected chi connectivity index (χ3v) is 3.81. The minimum atomic E-state index is -0.319. The summed E-state index contributed by atoms with van der Waals surface area (Å²) in [5.74, 6) is 0.816. The maximum absolute atomic E-state index is 10.4. The lowest BCUT2D eigenvalue weighted by molar-refractivity contribution is 0.322. The smallest absolute Gasteiger partial charge is 0.203 e.